The van der Waals surface area contributed by atoms with Gasteiger partial charge in [-0.1, -0.05) is 41.6 Å². The number of nitrogens with one attached hydrogen (secondary N) is 1. The van der Waals surface area contributed by atoms with E-state index < -0.39 is 0 Å². The fraction of sp³-hybridized carbons (Fsp3) is 0.174. The van der Waals surface area contributed by atoms with Gasteiger partial charge in [0, 0.05) is 17.3 Å². The van der Waals surface area contributed by atoms with Crippen LogP contribution >= 0.6 is 11.8 Å². The summed E-state index contributed by atoms with van der Waals surface area (Å²) in [5, 5.41) is 0.801. The molecule has 1 N–H and O–H groups in total. The molecule has 0 radical (unpaired) electrons. The third-order valence-corrected chi connectivity index (χ3v) is 5.84. The van der Waals surface area contributed by atoms with Crippen LogP contribution in [0.15, 0.2) is 59.8 Å². The minimum Gasteiger partial charge on any atom is -0.338 e. The van der Waals surface area contributed by atoms with Crippen molar-refractivity contribution in [3.05, 3.63) is 77.0 Å². The van der Waals surface area contributed by atoms with Crippen molar-refractivity contribution >= 4 is 28.6 Å². The van der Waals surface area contributed by atoms with Crippen molar-refractivity contribution in [2.24, 2.45) is 0 Å². The predicted octanol–water partition coefficient (Wildman–Crippen LogP) is 5.53. The largest absolute Gasteiger partial charge is 0.338 e. The first kappa shape index (κ1) is 18.4. The van der Waals surface area contributed by atoms with Crippen molar-refractivity contribution < 1.29 is 4.79 Å². The van der Waals surface area contributed by atoms with E-state index in [0.29, 0.717) is 5.75 Å². The van der Waals surface area contributed by atoms with Crippen LogP contribution in [-0.2, 0) is 0 Å². The number of benzene rings is 2. The third kappa shape index (κ3) is 3.71. The lowest BCUT2D eigenvalue weighted by Crippen LogP contribution is -2.03. The highest BCUT2D eigenvalue weighted by Crippen LogP contribution is 2.30. The molecule has 0 bridgehead atoms. The predicted molar refractivity (Wildman–Crippen MR) is 115 cm³/mol. The number of aryl methyl sites for hydroxylation is 3. The molecule has 0 aliphatic carbocycles. The van der Waals surface area contributed by atoms with E-state index in [0.717, 1.165) is 38.6 Å². The van der Waals surface area contributed by atoms with Crippen molar-refractivity contribution in [3.8, 4) is 11.4 Å². The van der Waals surface area contributed by atoms with E-state index in [2.05, 4.69) is 35.9 Å². The van der Waals surface area contributed by atoms with Gasteiger partial charge < -0.3 is 4.98 Å². The summed E-state index contributed by atoms with van der Waals surface area (Å²) in [7, 11) is 0. The number of hydrogen-bond acceptors (Lipinski definition) is 4. The fourth-order valence-electron chi connectivity index (χ4n) is 3.04. The van der Waals surface area contributed by atoms with E-state index in [-0.39, 0.29) is 5.78 Å². The van der Waals surface area contributed by atoms with Crippen LogP contribution in [-0.4, -0.2) is 26.5 Å². The Morgan fingerprint density at radius 2 is 1.79 bits per heavy atom. The Bertz CT molecular complexity index is 1120. The lowest BCUT2D eigenvalue weighted by atomic mass is 10.1. The van der Waals surface area contributed by atoms with Crippen LogP contribution in [0.1, 0.15) is 27.0 Å². The Hall–Kier alpha value is -2.92. The minimum absolute atomic E-state index is 0.0949. The summed E-state index contributed by atoms with van der Waals surface area (Å²) in [6, 6.07) is 15.8. The molecule has 0 atom stereocenters. The van der Waals surface area contributed by atoms with E-state index in [1.165, 1.54) is 22.9 Å². The van der Waals surface area contributed by atoms with Gasteiger partial charge in [-0.2, -0.15) is 0 Å². The van der Waals surface area contributed by atoms with Gasteiger partial charge in [0.25, 0.3) is 0 Å². The Balaban J connectivity index is 1.60. The lowest BCUT2D eigenvalue weighted by molar-refractivity contribution is 0.102. The van der Waals surface area contributed by atoms with Gasteiger partial charge in [-0.25, -0.2) is 9.97 Å². The summed E-state index contributed by atoms with van der Waals surface area (Å²) in [6.45, 7) is 6.20. The number of carbonyl (C=O) groups is 1. The van der Waals surface area contributed by atoms with Crippen molar-refractivity contribution in [1.29, 1.82) is 0 Å². The number of rotatable bonds is 5. The molecule has 4 rings (SSSR count). The summed E-state index contributed by atoms with van der Waals surface area (Å²) in [5.41, 5.74) is 7.18. The second-order valence-corrected chi connectivity index (χ2v) is 7.94. The van der Waals surface area contributed by atoms with Crippen LogP contribution < -0.4 is 0 Å². The normalized spacial score (nSPS) is 11.1. The van der Waals surface area contributed by atoms with E-state index in [9.17, 15) is 4.79 Å². The maximum absolute atomic E-state index is 12.5. The summed E-state index contributed by atoms with van der Waals surface area (Å²) in [4.78, 5) is 25.2. The number of nitrogens with zero attached hydrogens (tertiary/aromatic N) is 2. The first-order valence-corrected chi connectivity index (χ1v) is 10.1. The summed E-state index contributed by atoms with van der Waals surface area (Å²) < 4.78 is 0. The maximum Gasteiger partial charge on any atom is 0.173 e. The molecule has 0 spiro atoms. The van der Waals surface area contributed by atoms with E-state index in [1.54, 1.807) is 6.20 Å². The molecule has 5 heteroatoms. The molecular formula is C23H21N3OS. The minimum atomic E-state index is 0.0949. The number of ketones is 1. The molecule has 28 heavy (non-hydrogen) atoms. The number of H-pyrrole nitrogens is 1. The Morgan fingerprint density at radius 1 is 1.04 bits per heavy atom. The molecule has 2 aromatic carbocycles. The average Bonchev–Trinajstić information content (AvgIpc) is 3.09. The first-order chi connectivity index (χ1) is 13.5. The molecule has 0 fully saturated rings. The number of Topliss-reactive ketones (excluding diaryl/α,β-unsaturated/α-hetero) is 1. The highest BCUT2D eigenvalue weighted by molar-refractivity contribution is 8.00. The second-order valence-electron chi connectivity index (χ2n) is 6.97. The van der Waals surface area contributed by atoms with Crippen molar-refractivity contribution in [1.82, 2.24) is 15.0 Å². The number of fused-ring (bicyclic) bond motifs is 1. The van der Waals surface area contributed by atoms with Crippen LogP contribution in [0.25, 0.3) is 22.4 Å². The van der Waals surface area contributed by atoms with Gasteiger partial charge in [-0.05, 0) is 56.2 Å². The van der Waals surface area contributed by atoms with Crippen LogP contribution in [0.4, 0.5) is 0 Å². The van der Waals surface area contributed by atoms with Gasteiger partial charge in [0.2, 0.25) is 0 Å². The van der Waals surface area contributed by atoms with Gasteiger partial charge in [-0.15, -0.1) is 0 Å². The molecule has 0 aliphatic rings. The zero-order chi connectivity index (χ0) is 19.7. The lowest BCUT2D eigenvalue weighted by Gasteiger charge is -2.06. The number of thioether (sulfide) groups is 1. The summed E-state index contributed by atoms with van der Waals surface area (Å²) >= 11 is 1.44. The van der Waals surface area contributed by atoms with Crippen LogP contribution in [0.3, 0.4) is 0 Å². The quantitative estimate of drug-likeness (QED) is 0.361. The Labute approximate surface area is 168 Å². The fourth-order valence-corrected chi connectivity index (χ4v) is 3.93. The molecule has 0 unspecified atom stereocenters. The van der Waals surface area contributed by atoms with Crippen LogP contribution in [0.2, 0.25) is 0 Å². The molecular weight excluding hydrogens is 366 g/mol. The molecule has 2 aromatic heterocycles. The van der Waals surface area contributed by atoms with Crippen molar-refractivity contribution in [2.75, 3.05) is 5.75 Å². The maximum atomic E-state index is 12.5. The number of hydrogen-bond donors (Lipinski definition) is 1. The molecule has 2 heterocycles. The zero-order valence-corrected chi connectivity index (χ0v) is 16.9. The van der Waals surface area contributed by atoms with Crippen molar-refractivity contribution in [2.45, 2.75) is 25.8 Å². The van der Waals surface area contributed by atoms with E-state index >= 15 is 0 Å². The van der Waals surface area contributed by atoms with Gasteiger partial charge in [0.05, 0.1) is 16.8 Å². The topological polar surface area (TPSA) is 58.6 Å². The summed E-state index contributed by atoms with van der Waals surface area (Å²) in [6.07, 6.45) is 1.75. The van der Waals surface area contributed by atoms with Crippen LogP contribution in [0.5, 0.6) is 0 Å². The van der Waals surface area contributed by atoms with Gasteiger partial charge in [-0.3, -0.25) is 4.79 Å². The van der Waals surface area contributed by atoms with Gasteiger partial charge >= 0.3 is 0 Å². The second kappa shape index (κ2) is 7.60. The number of pyridine rings is 1. The SMILES string of the molecule is Cc1ccc(C(=O)CSc2ncccc2-c2nc3cc(C)c(C)cc3[nH]2)cc1. The van der Waals surface area contributed by atoms with E-state index in [4.69, 9.17) is 4.98 Å². The molecule has 0 amide bonds. The highest BCUT2D eigenvalue weighted by atomic mass is 32.2. The molecule has 0 aliphatic heterocycles. The van der Waals surface area contributed by atoms with Gasteiger partial charge in [0.15, 0.2) is 5.78 Å². The number of carbonyl (C=O) groups excluding carboxylic acids is 1. The standard InChI is InChI=1S/C23H21N3OS/c1-14-6-8-17(9-7-14)21(27)13-28-23-18(5-4-10-24-23)22-25-19-11-15(2)16(3)12-20(19)26-22/h4-12H,13H2,1-3H3,(H,25,26). The molecule has 4 aromatic rings. The number of imidazole rings is 1. The molecule has 4 nitrogen and oxygen atoms in total. The smallest absolute Gasteiger partial charge is 0.173 e. The zero-order valence-electron chi connectivity index (χ0n) is 16.1. The Morgan fingerprint density at radius 3 is 2.57 bits per heavy atom. The molecule has 0 saturated heterocycles. The Kier molecular flexibility index (Phi) is 5.01. The van der Waals surface area contributed by atoms with Gasteiger partial charge in [0.1, 0.15) is 10.9 Å². The third-order valence-electron chi connectivity index (χ3n) is 4.84. The molecule has 0 saturated carbocycles. The van der Waals surface area contributed by atoms with Crippen molar-refractivity contribution in [3.63, 3.8) is 0 Å². The first-order valence-electron chi connectivity index (χ1n) is 9.16. The highest BCUT2D eigenvalue weighted by Gasteiger charge is 2.14. The number of aromatic amines is 1. The molecule has 140 valence electrons. The number of aromatic nitrogens is 3. The van der Waals surface area contributed by atoms with Crippen LogP contribution in [0, 0.1) is 20.8 Å². The van der Waals surface area contributed by atoms with E-state index in [1.807, 2.05) is 43.3 Å². The summed E-state index contributed by atoms with van der Waals surface area (Å²) in [5.74, 6) is 1.21. The average molecular weight is 388 g/mol. The monoisotopic (exact) mass is 387 g/mol.